The molecule has 0 radical (unpaired) electrons. The normalized spacial score (nSPS) is 15.9. The van der Waals surface area contributed by atoms with Crippen LogP contribution in [0.4, 0.5) is 8.78 Å². The number of carbonyl (C=O) groups excluding carboxylic acids is 2. The lowest BCUT2D eigenvalue weighted by Crippen LogP contribution is -2.55. The van der Waals surface area contributed by atoms with Crippen molar-refractivity contribution in [2.24, 2.45) is 0 Å². The van der Waals surface area contributed by atoms with Crippen LogP contribution in [0.1, 0.15) is 60.0 Å². The van der Waals surface area contributed by atoms with Gasteiger partial charge in [0.2, 0.25) is 5.91 Å². The van der Waals surface area contributed by atoms with Crippen molar-refractivity contribution in [2.75, 3.05) is 6.54 Å². The zero-order valence-electron chi connectivity index (χ0n) is 19.2. The van der Waals surface area contributed by atoms with E-state index in [1.165, 1.54) is 30.3 Å². The largest absolute Gasteiger partial charge is 0.338 e. The molecule has 2 aromatic carbocycles. The number of rotatable bonds is 6. The van der Waals surface area contributed by atoms with E-state index in [0.717, 1.165) is 24.2 Å². The lowest BCUT2D eigenvalue weighted by Gasteiger charge is -2.33. The van der Waals surface area contributed by atoms with Gasteiger partial charge in [0.25, 0.3) is 5.91 Å². The van der Waals surface area contributed by atoms with Crippen molar-refractivity contribution < 1.29 is 18.4 Å². The van der Waals surface area contributed by atoms with E-state index in [-0.39, 0.29) is 23.3 Å². The lowest BCUT2D eigenvalue weighted by atomic mass is 10.0. The third-order valence-electron chi connectivity index (χ3n) is 6.08. The highest BCUT2D eigenvalue weighted by Crippen LogP contribution is 2.33. The van der Waals surface area contributed by atoms with Gasteiger partial charge in [-0.25, -0.2) is 8.78 Å². The summed E-state index contributed by atoms with van der Waals surface area (Å²) in [6.45, 7) is 3.88. The second kappa shape index (κ2) is 9.71. The van der Waals surface area contributed by atoms with Gasteiger partial charge in [-0.05, 0) is 74.7 Å². The molecule has 4 rings (SSSR count). The molecule has 5 nitrogen and oxygen atoms in total. The fourth-order valence-corrected chi connectivity index (χ4v) is 4.31. The Morgan fingerprint density at radius 2 is 1.76 bits per heavy atom. The SMILES string of the molecule is CC(C)(NC(=O)c1ccc(F)cc1)C(=O)N1CCC[C@@H]1c1cccc(Cc2ccccc2F)n1. The minimum Gasteiger partial charge on any atom is -0.338 e. The number of nitrogens with one attached hydrogen (secondary N) is 1. The summed E-state index contributed by atoms with van der Waals surface area (Å²) in [5, 5.41) is 2.78. The van der Waals surface area contributed by atoms with Gasteiger partial charge in [-0.2, -0.15) is 0 Å². The number of likely N-dealkylation sites (tertiary alicyclic amines) is 1. The van der Waals surface area contributed by atoms with E-state index < -0.39 is 17.3 Å². The fourth-order valence-electron chi connectivity index (χ4n) is 4.31. The summed E-state index contributed by atoms with van der Waals surface area (Å²) in [5.74, 6) is -1.37. The number of aromatic nitrogens is 1. The number of hydrogen-bond donors (Lipinski definition) is 1. The molecule has 3 aromatic rings. The second-order valence-electron chi connectivity index (χ2n) is 9.06. The monoisotopic (exact) mass is 463 g/mol. The molecule has 1 saturated heterocycles. The molecule has 0 unspecified atom stereocenters. The average molecular weight is 464 g/mol. The number of nitrogens with zero attached hydrogens (tertiary/aromatic N) is 2. The van der Waals surface area contributed by atoms with E-state index in [0.29, 0.717) is 18.5 Å². The van der Waals surface area contributed by atoms with Crippen molar-refractivity contribution in [1.82, 2.24) is 15.2 Å². The average Bonchev–Trinajstić information content (AvgIpc) is 3.30. The molecule has 2 amide bonds. The highest BCUT2D eigenvalue weighted by Gasteiger charge is 2.40. The van der Waals surface area contributed by atoms with Crippen LogP contribution in [0.5, 0.6) is 0 Å². The Morgan fingerprint density at radius 1 is 1.03 bits per heavy atom. The van der Waals surface area contributed by atoms with E-state index in [9.17, 15) is 18.4 Å². The molecular weight excluding hydrogens is 436 g/mol. The quantitative estimate of drug-likeness (QED) is 0.570. The number of pyridine rings is 1. The summed E-state index contributed by atoms with van der Waals surface area (Å²) in [6, 6.07) is 17.2. The van der Waals surface area contributed by atoms with Crippen molar-refractivity contribution in [3.05, 3.63) is 101 Å². The van der Waals surface area contributed by atoms with Gasteiger partial charge in [-0.1, -0.05) is 24.3 Å². The van der Waals surface area contributed by atoms with Gasteiger partial charge in [-0.15, -0.1) is 0 Å². The minimum atomic E-state index is -1.17. The summed E-state index contributed by atoms with van der Waals surface area (Å²) in [7, 11) is 0. The third kappa shape index (κ3) is 5.14. The van der Waals surface area contributed by atoms with Gasteiger partial charge in [-0.3, -0.25) is 14.6 Å². The molecule has 7 heteroatoms. The maximum absolute atomic E-state index is 14.1. The standard InChI is InChI=1S/C27H27F2N3O2/c1-27(2,31-25(33)18-12-14-20(28)15-13-18)26(34)32-16-6-11-24(32)23-10-5-8-21(30-23)17-19-7-3-4-9-22(19)29/h3-5,7-10,12-15,24H,6,11,16-17H2,1-2H3,(H,31,33)/t24-/m1/s1. The summed E-state index contributed by atoms with van der Waals surface area (Å²) in [5.41, 5.74) is 1.16. The van der Waals surface area contributed by atoms with Gasteiger partial charge in [0.05, 0.1) is 11.7 Å². The molecule has 1 atom stereocenters. The van der Waals surface area contributed by atoms with Crippen LogP contribution in [-0.4, -0.2) is 33.8 Å². The first-order chi connectivity index (χ1) is 16.2. The predicted octanol–water partition coefficient (Wildman–Crippen LogP) is 4.82. The molecule has 1 aliphatic rings. The van der Waals surface area contributed by atoms with Gasteiger partial charge >= 0.3 is 0 Å². The minimum absolute atomic E-state index is 0.216. The van der Waals surface area contributed by atoms with Gasteiger partial charge < -0.3 is 10.2 Å². The Bertz CT molecular complexity index is 1190. The summed E-state index contributed by atoms with van der Waals surface area (Å²) >= 11 is 0. The maximum atomic E-state index is 14.1. The first kappa shape index (κ1) is 23.5. The van der Waals surface area contributed by atoms with Crippen LogP contribution in [0, 0.1) is 11.6 Å². The van der Waals surface area contributed by atoms with Crippen molar-refractivity contribution in [3.63, 3.8) is 0 Å². The Balaban J connectivity index is 1.50. The highest BCUT2D eigenvalue weighted by atomic mass is 19.1. The molecule has 34 heavy (non-hydrogen) atoms. The van der Waals surface area contributed by atoms with Gasteiger partial charge in [0.15, 0.2) is 0 Å². The van der Waals surface area contributed by atoms with Crippen LogP contribution in [0.3, 0.4) is 0 Å². The third-order valence-corrected chi connectivity index (χ3v) is 6.08. The van der Waals surface area contributed by atoms with Gasteiger partial charge in [0.1, 0.15) is 17.2 Å². The van der Waals surface area contributed by atoms with E-state index in [2.05, 4.69) is 5.32 Å². The number of carbonyl (C=O) groups is 2. The molecule has 1 aliphatic heterocycles. The van der Waals surface area contributed by atoms with Gasteiger partial charge in [0, 0.05) is 24.2 Å². The maximum Gasteiger partial charge on any atom is 0.252 e. The van der Waals surface area contributed by atoms with Crippen LogP contribution >= 0.6 is 0 Å². The Morgan fingerprint density at radius 3 is 2.50 bits per heavy atom. The molecule has 176 valence electrons. The molecule has 0 aliphatic carbocycles. The van der Waals surface area contributed by atoms with Crippen LogP contribution in [0.15, 0.2) is 66.7 Å². The van der Waals surface area contributed by atoms with Crippen LogP contribution in [0.2, 0.25) is 0 Å². The van der Waals surface area contributed by atoms with Crippen molar-refractivity contribution in [2.45, 2.75) is 44.7 Å². The Kier molecular flexibility index (Phi) is 6.72. The molecule has 0 bridgehead atoms. The molecular formula is C27H27F2N3O2. The topological polar surface area (TPSA) is 62.3 Å². The van der Waals surface area contributed by atoms with E-state index in [4.69, 9.17) is 4.98 Å². The number of hydrogen-bond acceptors (Lipinski definition) is 3. The van der Waals surface area contributed by atoms with E-state index in [1.54, 1.807) is 36.9 Å². The Labute approximate surface area is 197 Å². The molecule has 1 fully saturated rings. The number of benzene rings is 2. The van der Waals surface area contributed by atoms with Crippen LogP contribution < -0.4 is 5.32 Å². The number of halogens is 2. The summed E-state index contributed by atoms with van der Waals surface area (Å²) in [6.07, 6.45) is 1.93. The number of amides is 2. The fraction of sp³-hybridized carbons (Fsp3) is 0.296. The summed E-state index contributed by atoms with van der Waals surface area (Å²) < 4.78 is 27.3. The molecule has 2 heterocycles. The van der Waals surface area contributed by atoms with Crippen molar-refractivity contribution in [1.29, 1.82) is 0 Å². The van der Waals surface area contributed by atoms with Crippen LogP contribution in [-0.2, 0) is 11.2 Å². The molecule has 0 saturated carbocycles. The predicted molar refractivity (Wildman–Crippen MR) is 125 cm³/mol. The first-order valence-corrected chi connectivity index (χ1v) is 11.3. The van der Waals surface area contributed by atoms with Crippen molar-refractivity contribution >= 4 is 11.8 Å². The zero-order chi connectivity index (χ0) is 24.3. The van der Waals surface area contributed by atoms with Crippen molar-refractivity contribution in [3.8, 4) is 0 Å². The zero-order valence-corrected chi connectivity index (χ0v) is 19.2. The smallest absolute Gasteiger partial charge is 0.252 e. The Hall–Kier alpha value is -3.61. The molecule has 0 spiro atoms. The van der Waals surface area contributed by atoms with E-state index in [1.807, 2.05) is 18.2 Å². The lowest BCUT2D eigenvalue weighted by molar-refractivity contribution is -0.137. The molecule has 1 N–H and O–H groups in total. The molecule has 1 aromatic heterocycles. The summed E-state index contributed by atoms with van der Waals surface area (Å²) in [4.78, 5) is 32.6. The second-order valence-corrected chi connectivity index (χ2v) is 9.06. The first-order valence-electron chi connectivity index (χ1n) is 11.3. The van der Waals surface area contributed by atoms with Crippen LogP contribution in [0.25, 0.3) is 0 Å². The highest BCUT2D eigenvalue weighted by molar-refractivity contribution is 5.99. The van der Waals surface area contributed by atoms with E-state index >= 15 is 0 Å².